The lowest BCUT2D eigenvalue weighted by Crippen LogP contribution is -2.54. The number of benzene rings is 1. The van der Waals surface area contributed by atoms with Gasteiger partial charge in [-0.25, -0.2) is 9.18 Å². The van der Waals surface area contributed by atoms with Crippen LogP contribution in [0.15, 0.2) is 24.3 Å². The highest BCUT2D eigenvalue weighted by Crippen LogP contribution is 2.29. The summed E-state index contributed by atoms with van der Waals surface area (Å²) in [6, 6.07) is 4.47. The summed E-state index contributed by atoms with van der Waals surface area (Å²) in [5, 5.41) is 2.63. The quantitative estimate of drug-likeness (QED) is 0.736. The number of piperidine rings is 1. The van der Waals surface area contributed by atoms with E-state index in [2.05, 4.69) is 5.32 Å². The molecule has 7 nitrogen and oxygen atoms in total. The highest BCUT2D eigenvalue weighted by Gasteiger charge is 2.50. The Labute approximate surface area is 169 Å². The molecule has 4 amide bonds. The molecule has 0 radical (unpaired) electrons. The summed E-state index contributed by atoms with van der Waals surface area (Å²) in [4.78, 5) is 40.7. The van der Waals surface area contributed by atoms with Crippen LogP contribution < -0.4 is 11.1 Å². The van der Waals surface area contributed by atoms with Crippen LogP contribution in [0.25, 0.3) is 0 Å². The third-order valence-corrected chi connectivity index (χ3v) is 5.47. The third-order valence-electron chi connectivity index (χ3n) is 5.47. The zero-order valence-corrected chi connectivity index (χ0v) is 16.8. The van der Waals surface area contributed by atoms with E-state index in [1.54, 1.807) is 11.8 Å². The summed E-state index contributed by atoms with van der Waals surface area (Å²) >= 11 is 0. The van der Waals surface area contributed by atoms with Crippen molar-refractivity contribution in [3.05, 3.63) is 35.6 Å². The van der Waals surface area contributed by atoms with Crippen molar-refractivity contribution in [1.82, 2.24) is 15.1 Å². The number of nitrogens with one attached hydrogen (secondary N) is 1. The Morgan fingerprint density at radius 1 is 1.32 bits per heavy atom. The zero-order valence-electron chi connectivity index (χ0n) is 16.0. The number of rotatable bonds is 4. The molecule has 28 heavy (non-hydrogen) atoms. The Morgan fingerprint density at radius 2 is 1.96 bits per heavy atom. The van der Waals surface area contributed by atoms with Crippen molar-refractivity contribution in [1.29, 1.82) is 0 Å². The van der Waals surface area contributed by atoms with Crippen molar-refractivity contribution >= 4 is 30.3 Å². The molecule has 3 N–H and O–H groups in total. The van der Waals surface area contributed by atoms with Crippen LogP contribution in [0.4, 0.5) is 9.18 Å². The highest BCUT2D eigenvalue weighted by atomic mass is 35.5. The van der Waals surface area contributed by atoms with Crippen LogP contribution in [-0.2, 0) is 15.1 Å². The Hall–Kier alpha value is -2.19. The number of hydrogen-bond acceptors (Lipinski definition) is 4. The van der Waals surface area contributed by atoms with Gasteiger partial charge in [-0.1, -0.05) is 12.1 Å². The van der Waals surface area contributed by atoms with Crippen molar-refractivity contribution in [3.63, 3.8) is 0 Å². The summed E-state index contributed by atoms with van der Waals surface area (Å²) in [6.07, 6.45) is 2.70. The monoisotopic (exact) mass is 412 g/mol. The maximum Gasteiger partial charge on any atom is 0.325 e. The number of likely N-dealkylation sites (tertiary alicyclic amines) is 1. The lowest BCUT2D eigenvalue weighted by Gasteiger charge is -2.38. The predicted octanol–water partition coefficient (Wildman–Crippen LogP) is 1.74. The van der Waals surface area contributed by atoms with E-state index >= 15 is 0 Å². The maximum atomic E-state index is 13.2. The second kappa shape index (κ2) is 8.45. The van der Waals surface area contributed by atoms with Gasteiger partial charge in [-0.05, 0) is 50.8 Å². The van der Waals surface area contributed by atoms with Gasteiger partial charge >= 0.3 is 6.03 Å². The molecule has 1 aromatic carbocycles. The summed E-state index contributed by atoms with van der Waals surface area (Å²) in [5.74, 6) is -1.25. The molecule has 0 bridgehead atoms. The third kappa shape index (κ3) is 3.98. The first kappa shape index (κ1) is 22.1. The van der Waals surface area contributed by atoms with Crippen molar-refractivity contribution in [2.75, 3.05) is 13.1 Å². The molecule has 0 aromatic heterocycles. The number of halogens is 2. The van der Waals surface area contributed by atoms with Crippen molar-refractivity contribution < 1.29 is 18.8 Å². The second-order valence-electron chi connectivity index (χ2n) is 7.46. The largest absolute Gasteiger partial charge is 0.337 e. The van der Waals surface area contributed by atoms with Crippen LogP contribution in [0.3, 0.4) is 0 Å². The lowest BCUT2D eigenvalue weighted by molar-refractivity contribution is -0.141. The molecule has 9 heteroatoms. The minimum absolute atomic E-state index is 0. The van der Waals surface area contributed by atoms with Crippen LogP contribution in [0.5, 0.6) is 0 Å². The van der Waals surface area contributed by atoms with Gasteiger partial charge in [0.25, 0.3) is 5.91 Å². The van der Waals surface area contributed by atoms with Crippen LogP contribution in [0, 0.1) is 5.82 Å². The molecule has 2 aliphatic rings. The van der Waals surface area contributed by atoms with Crippen LogP contribution in [0.1, 0.15) is 38.7 Å². The number of imide groups is 1. The molecule has 1 aromatic rings. The fourth-order valence-electron chi connectivity index (χ4n) is 3.86. The molecule has 3 atom stereocenters. The average molecular weight is 413 g/mol. The Kier molecular flexibility index (Phi) is 6.67. The van der Waals surface area contributed by atoms with Gasteiger partial charge in [0.15, 0.2) is 0 Å². The average Bonchev–Trinajstić information content (AvgIpc) is 2.86. The number of nitrogens with two attached hydrogens (primary N) is 1. The summed E-state index contributed by atoms with van der Waals surface area (Å²) < 4.78 is 13.2. The van der Waals surface area contributed by atoms with Crippen LogP contribution in [-0.4, -0.2) is 52.8 Å². The molecule has 0 aliphatic carbocycles. The van der Waals surface area contributed by atoms with E-state index in [-0.39, 0.29) is 36.9 Å². The van der Waals surface area contributed by atoms with Crippen LogP contribution >= 0.6 is 12.4 Å². The molecular weight excluding hydrogens is 387 g/mol. The molecule has 3 rings (SSSR count). The first-order valence-electron chi connectivity index (χ1n) is 9.19. The normalized spacial score (nSPS) is 25.9. The van der Waals surface area contributed by atoms with E-state index in [9.17, 15) is 18.8 Å². The van der Waals surface area contributed by atoms with Crippen molar-refractivity contribution in [2.45, 2.75) is 50.7 Å². The van der Waals surface area contributed by atoms with Gasteiger partial charge in [-0.15, -0.1) is 12.4 Å². The molecular formula is C19H26ClFN4O3. The minimum atomic E-state index is -1.33. The number of nitrogens with zero attached hydrogens (tertiary/aromatic N) is 2. The van der Waals surface area contributed by atoms with E-state index in [0.717, 1.165) is 24.2 Å². The molecule has 2 fully saturated rings. The number of carbonyl (C=O) groups excluding carboxylic acids is 3. The number of carbonyl (C=O) groups is 3. The van der Waals surface area contributed by atoms with E-state index in [4.69, 9.17) is 5.73 Å². The Balaban J connectivity index is 0.00000280. The summed E-state index contributed by atoms with van der Waals surface area (Å²) in [6.45, 7) is 3.65. The van der Waals surface area contributed by atoms with E-state index in [1.165, 1.54) is 24.3 Å². The first-order chi connectivity index (χ1) is 12.7. The summed E-state index contributed by atoms with van der Waals surface area (Å²) in [7, 11) is 0. The number of amides is 4. The SMILES string of the molecule is CC(N)C1CCCCN1C(=O)CN1C(=O)NC(C)(c2ccc(F)cc2)C1=O.Cl. The van der Waals surface area contributed by atoms with Gasteiger partial charge < -0.3 is 16.0 Å². The van der Waals surface area contributed by atoms with Crippen molar-refractivity contribution in [2.24, 2.45) is 5.73 Å². The van der Waals surface area contributed by atoms with Crippen molar-refractivity contribution in [3.8, 4) is 0 Å². The number of urea groups is 1. The topological polar surface area (TPSA) is 95.7 Å². The Bertz CT molecular complexity index is 758. The van der Waals surface area contributed by atoms with Gasteiger partial charge in [0, 0.05) is 18.6 Å². The smallest absolute Gasteiger partial charge is 0.325 e. The molecule has 2 saturated heterocycles. The van der Waals surface area contributed by atoms with E-state index in [1.807, 2.05) is 6.92 Å². The summed E-state index contributed by atoms with van der Waals surface area (Å²) in [5.41, 5.74) is 5.14. The van der Waals surface area contributed by atoms with Crippen LogP contribution in [0.2, 0.25) is 0 Å². The van der Waals surface area contributed by atoms with E-state index < -0.39 is 23.3 Å². The second-order valence-corrected chi connectivity index (χ2v) is 7.46. The molecule has 2 aliphatic heterocycles. The standard InChI is InChI=1S/C19H25FN4O3.ClH/c1-12(21)15-5-3-4-10-23(15)16(25)11-24-17(26)19(2,22-18(24)27)13-6-8-14(20)9-7-13;/h6-9,12,15H,3-5,10-11,21H2,1-2H3,(H,22,27);1H. The maximum absolute atomic E-state index is 13.2. The van der Waals surface area contributed by atoms with Gasteiger partial charge in [-0.2, -0.15) is 0 Å². The fraction of sp³-hybridized carbons (Fsp3) is 0.526. The molecule has 3 unspecified atom stereocenters. The molecule has 2 heterocycles. The van der Waals surface area contributed by atoms with Gasteiger partial charge in [-0.3, -0.25) is 14.5 Å². The van der Waals surface area contributed by atoms with Gasteiger partial charge in [0.1, 0.15) is 17.9 Å². The minimum Gasteiger partial charge on any atom is -0.337 e. The zero-order chi connectivity index (χ0) is 19.8. The number of hydrogen-bond donors (Lipinski definition) is 2. The Morgan fingerprint density at radius 3 is 2.57 bits per heavy atom. The first-order valence-corrected chi connectivity index (χ1v) is 9.19. The van der Waals surface area contributed by atoms with Gasteiger partial charge in [0.2, 0.25) is 5.91 Å². The molecule has 154 valence electrons. The molecule has 0 saturated carbocycles. The lowest BCUT2D eigenvalue weighted by atomic mass is 9.92. The fourth-order valence-corrected chi connectivity index (χ4v) is 3.86. The highest BCUT2D eigenvalue weighted by molar-refractivity contribution is 6.09. The molecule has 0 spiro atoms. The predicted molar refractivity (Wildman–Crippen MR) is 104 cm³/mol. The van der Waals surface area contributed by atoms with Gasteiger partial charge in [0.05, 0.1) is 0 Å². The van der Waals surface area contributed by atoms with E-state index in [0.29, 0.717) is 12.1 Å².